The molecule has 3 nitrogen and oxygen atoms in total. The quantitative estimate of drug-likeness (QED) is 0.521. The van der Waals surface area contributed by atoms with Crippen molar-refractivity contribution in [2.75, 3.05) is 0 Å². The van der Waals surface area contributed by atoms with E-state index in [1.54, 1.807) is 6.07 Å². The number of rotatable bonds is 5. The Morgan fingerprint density at radius 1 is 1.20 bits per heavy atom. The van der Waals surface area contributed by atoms with Crippen LogP contribution in [0.5, 0.6) is 0 Å². The number of hydrogen-bond donors (Lipinski definition) is 1. The molecule has 0 unspecified atom stereocenters. The molecule has 0 heterocycles. The van der Waals surface area contributed by atoms with Gasteiger partial charge >= 0.3 is 0 Å². The lowest BCUT2D eigenvalue weighted by Gasteiger charge is -2.04. The van der Waals surface area contributed by atoms with Crippen LogP contribution in [-0.4, -0.2) is 5.84 Å². The monoisotopic (exact) mass is 292 g/mol. The Labute approximate surface area is 121 Å². The molecule has 2 rings (SSSR count). The van der Waals surface area contributed by atoms with Crippen molar-refractivity contribution in [1.82, 2.24) is 0 Å². The SMILES string of the molecule is N/C(Cc1ccccc1)=N\OCc1ccc(F)cc1Cl. The third-order valence-electron chi connectivity index (χ3n) is 2.65. The van der Waals surface area contributed by atoms with Crippen molar-refractivity contribution in [3.63, 3.8) is 0 Å². The second-order valence-electron chi connectivity index (χ2n) is 4.25. The Morgan fingerprint density at radius 2 is 1.95 bits per heavy atom. The van der Waals surface area contributed by atoms with Gasteiger partial charge in [0.05, 0.1) is 5.02 Å². The van der Waals surface area contributed by atoms with Crippen LogP contribution in [0, 0.1) is 5.82 Å². The molecular weight excluding hydrogens is 279 g/mol. The van der Waals surface area contributed by atoms with Gasteiger partial charge in [-0.25, -0.2) is 4.39 Å². The van der Waals surface area contributed by atoms with Crippen molar-refractivity contribution < 1.29 is 9.23 Å². The Hall–Kier alpha value is -2.07. The molecule has 0 aromatic heterocycles. The average molecular weight is 293 g/mol. The number of nitrogens with two attached hydrogens (primary N) is 1. The van der Waals surface area contributed by atoms with Gasteiger partial charge in [-0.05, 0) is 17.7 Å². The van der Waals surface area contributed by atoms with E-state index in [-0.39, 0.29) is 12.4 Å². The van der Waals surface area contributed by atoms with Gasteiger partial charge in [0.1, 0.15) is 18.3 Å². The van der Waals surface area contributed by atoms with E-state index in [0.717, 1.165) is 5.56 Å². The summed E-state index contributed by atoms with van der Waals surface area (Å²) < 4.78 is 12.9. The van der Waals surface area contributed by atoms with Crippen molar-refractivity contribution >= 4 is 17.4 Å². The standard InChI is InChI=1S/C15H14ClFN2O/c16-14-9-13(17)7-6-12(14)10-20-19-15(18)8-11-4-2-1-3-5-11/h1-7,9H,8,10H2,(H2,18,19). The minimum absolute atomic E-state index is 0.147. The highest BCUT2D eigenvalue weighted by Crippen LogP contribution is 2.18. The summed E-state index contributed by atoms with van der Waals surface area (Å²) in [5.41, 5.74) is 7.47. The fourth-order valence-corrected chi connectivity index (χ4v) is 1.88. The Kier molecular flexibility index (Phi) is 4.96. The van der Waals surface area contributed by atoms with Crippen LogP contribution >= 0.6 is 11.6 Å². The van der Waals surface area contributed by atoms with Crippen molar-refractivity contribution in [3.8, 4) is 0 Å². The molecular formula is C15H14ClFN2O. The lowest BCUT2D eigenvalue weighted by Crippen LogP contribution is -2.15. The van der Waals surface area contributed by atoms with Crippen molar-refractivity contribution in [1.29, 1.82) is 0 Å². The lowest BCUT2D eigenvalue weighted by molar-refractivity contribution is 0.129. The number of amidine groups is 1. The zero-order valence-electron chi connectivity index (χ0n) is 10.7. The molecule has 0 aliphatic heterocycles. The molecule has 0 saturated heterocycles. The molecule has 20 heavy (non-hydrogen) atoms. The van der Waals surface area contributed by atoms with Crippen LogP contribution in [0.1, 0.15) is 11.1 Å². The first-order chi connectivity index (χ1) is 9.65. The molecule has 0 radical (unpaired) electrons. The van der Waals surface area contributed by atoms with Crippen molar-refractivity contribution in [2.45, 2.75) is 13.0 Å². The maximum absolute atomic E-state index is 12.9. The minimum atomic E-state index is -0.383. The molecule has 0 aliphatic carbocycles. The topological polar surface area (TPSA) is 47.6 Å². The first-order valence-electron chi connectivity index (χ1n) is 6.07. The van der Waals surface area contributed by atoms with E-state index in [0.29, 0.717) is 22.8 Å². The molecule has 0 spiro atoms. The largest absolute Gasteiger partial charge is 0.389 e. The van der Waals surface area contributed by atoms with Gasteiger partial charge in [0.2, 0.25) is 0 Å². The zero-order chi connectivity index (χ0) is 14.4. The van der Waals surface area contributed by atoms with Gasteiger partial charge in [0.15, 0.2) is 0 Å². The molecule has 0 amide bonds. The summed E-state index contributed by atoms with van der Waals surface area (Å²) in [7, 11) is 0. The second kappa shape index (κ2) is 6.91. The van der Waals surface area contributed by atoms with E-state index in [4.69, 9.17) is 22.2 Å². The number of benzene rings is 2. The molecule has 0 bridgehead atoms. The Balaban J connectivity index is 1.89. The first kappa shape index (κ1) is 14.3. The normalized spacial score (nSPS) is 11.4. The smallest absolute Gasteiger partial charge is 0.143 e. The number of hydrogen-bond acceptors (Lipinski definition) is 2. The molecule has 0 atom stereocenters. The van der Waals surface area contributed by atoms with Crippen LogP contribution in [-0.2, 0) is 17.9 Å². The van der Waals surface area contributed by atoms with Crippen molar-refractivity contribution in [3.05, 3.63) is 70.5 Å². The third kappa shape index (κ3) is 4.24. The summed E-state index contributed by atoms with van der Waals surface area (Å²) in [6.45, 7) is 0.147. The fourth-order valence-electron chi connectivity index (χ4n) is 1.66. The van der Waals surface area contributed by atoms with Gasteiger partial charge < -0.3 is 10.6 Å². The predicted octanol–water partition coefficient (Wildman–Crippen LogP) is 3.51. The molecule has 104 valence electrons. The fraction of sp³-hybridized carbons (Fsp3) is 0.133. The summed E-state index contributed by atoms with van der Waals surface area (Å²) in [5, 5.41) is 4.13. The van der Waals surface area contributed by atoms with E-state index in [1.807, 2.05) is 30.3 Å². The van der Waals surface area contributed by atoms with Gasteiger partial charge in [-0.1, -0.05) is 53.2 Å². The average Bonchev–Trinajstić information content (AvgIpc) is 2.42. The van der Waals surface area contributed by atoms with Gasteiger partial charge in [0.25, 0.3) is 0 Å². The summed E-state index contributed by atoms with van der Waals surface area (Å²) in [6, 6.07) is 13.8. The molecule has 2 aromatic rings. The molecule has 0 aliphatic rings. The number of oxime groups is 1. The predicted molar refractivity (Wildman–Crippen MR) is 78.0 cm³/mol. The van der Waals surface area contributed by atoms with Crippen molar-refractivity contribution in [2.24, 2.45) is 10.9 Å². The van der Waals surface area contributed by atoms with Crippen LogP contribution in [0.25, 0.3) is 0 Å². The number of halogens is 2. The van der Waals surface area contributed by atoms with Gasteiger partial charge in [-0.3, -0.25) is 0 Å². The van der Waals surface area contributed by atoms with Crippen LogP contribution in [0.2, 0.25) is 5.02 Å². The van der Waals surface area contributed by atoms with Gasteiger partial charge in [-0.15, -0.1) is 0 Å². The first-order valence-corrected chi connectivity index (χ1v) is 6.45. The third-order valence-corrected chi connectivity index (χ3v) is 3.00. The molecule has 0 saturated carbocycles. The van der Waals surface area contributed by atoms with E-state index in [2.05, 4.69) is 5.16 Å². The van der Waals surface area contributed by atoms with Crippen LogP contribution < -0.4 is 5.73 Å². The summed E-state index contributed by atoms with van der Waals surface area (Å²) in [6.07, 6.45) is 0.512. The van der Waals surface area contributed by atoms with E-state index < -0.39 is 0 Å². The zero-order valence-corrected chi connectivity index (χ0v) is 11.5. The van der Waals surface area contributed by atoms with E-state index in [9.17, 15) is 4.39 Å². The van der Waals surface area contributed by atoms with Gasteiger partial charge in [-0.2, -0.15) is 0 Å². The number of nitrogens with zero attached hydrogens (tertiary/aromatic N) is 1. The molecule has 0 fully saturated rings. The Morgan fingerprint density at radius 3 is 2.65 bits per heavy atom. The minimum Gasteiger partial charge on any atom is -0.389 e. The maximum Gasteiger partial charge on any atom is 0.143 e. The molecule has 5 heteroatoms. The van der Waals surface area contributed by atoms with Crippen LogP contribution in [0.4, 0.5) is 4.39 Å². The van der Waals surface area contributed by atoms with Crippen LogP contribution in [0.3, 0.4) is 0 Å². The summed E-state index contributed by atoms with van der Waals surface area (Å²) in [4.78, 5) is 5.13. The van der Waals surface area contributed by atoms with Crippen LogP contribution in [0.15, 0.2) is 53.7 Å². The summed E-state index contributed by atoms with van der Waals surface area (Å²) >= 11 is 5.87. The van der Waals surface area contributed by atoms with Gasteiger partial charge in [0, 0.05) is 12.0 Å². The van der Waals surface area contributed by atoms with E-state index in [1.165, 1.54) is 12.1 Å². The van der Waals surface area contributed by atoms with E-state index >= 15 is 0 Å². The molecule has 2 aromatic carbocycles. The second-order valence-corrected chi connectivity index (χ2v) is 4.66. The highest BCUT2D eigenvalue weighted by atomic mass is 35.5. The highest BCUT2D eigenvalue weighted by Gasteiger charge is 2.03. The highest BCUT2D eigenvalue weighted by molar-refractivity contribution is 6.31. The molecule has 2 N–H and O–H groups in total. The Bertz CT molecular complexity index is 602. The maximum atomic E-state index is 12.9. The lowest BCUT2D eigenvalue weighted by atomic mass is 10.1. The summed E-state index contributed by atoms with van der Waals surface area (Å²) in [5.74, 6) is -0.0136.